The second-order valence-corrected chi connectivity index (χ2v) is 2.10. The average Bonchev–Trinajstić information content (AvgIpc) is 1.90. The fraction of sp³-hybridized carbons (Fsp3) is 0.286. The van der Waals surface area contributed by atoms with Gasteiger partial charge in [-0.15, -0.1) is 0 Å². The molecule has 1 aromatic rings. The van der Waals surface area contributed by atoms with Crippen LogP contribution < -0.4 is 34.5 Å². The van der Waals surface area contributed by atoms with E-state index in [2.05, 4.69) is 4.98 Å². The normalized spacial score (nSPS) is 7.45. The number of anilines is 1. The third-order valence-electron chi connectivity index (χ3n) is 1.18. The standard InChI is InChI=1S/C7H10N2.Na.H2O/c1-9(2)7-3-5-8-6-4-7;;/h3-6H,1-2H3;;1H2/q;+1;/p-1. The molecule has 1 rings (SSSR count). The zero-order chi connectivity index (χ0) is 6.69. The van der Waals surface area contributed by atoms with Gasteiger partial charge in [-0.25, -0.2) is 0 Å². The van der Waals surface area contributed by atoms with Crippen LogP contribution in [-0.2, 0) is 0 Å². The van der Waals surface area contributed by atoms with Crippen molar-refractivity contribution in [3.8, 4) is 0 Å². The molecule has 3 nitrogen and oxygen atoms in total. The smallest absolute Gasteiger partial charge is 0.870 e. The van der Waals surface area contributed by atoms with Gasteiger partial charge in [0.1, 0.15) is 0 Å². The van der Waals surface area contributed by atoms with E-state index in [1.165, 1.54) is 5.69 Å². The molecule has 1 N–H and O–H groups in total. The van der Waals surface area contributed by atoms with Gasteiger partial charge < -0.3 is 10.4 Å². The van der Waals surface area contributed by atoms with E-state index in [4.69, 9.17) is 0 Å². The van der Waals surface area contributed by atoms with Crippen LogP contribution in [0.3, 0.4) is 0 Å². The Kier molecular flexibility index (Phi) is 8.11. The molecule has 4 heteroatoms. The van der Waals surface area contributed by atoms with Gasteiger partial charge in [-0.3, -0.25) is 4.98 Å². The predicted molar refractivity (Wildman–Crippen MR) is 40.5 cm³/mol. The predicted octanol–water partition coefficient (Wildman–Crippen LogP) is -2.03. The minimum absolute atomic E-state index is 0. The summed E-state index contributed by atoms with van der Waals surface area (Å²) in [6.07, 6.45) is 3.57. The topological polar surface area (TPSA) is 46.1 Å². The van der Waals surface area contributed by atoms with Crippen LogP contribution in [0.5, 0.6) is 0 Å². The Morgan fingerprint density at radius 3 is 1.91 bits per heavy atom. The quantitative estimate of drug-likeness (QED) is 0.448. The molecule has 56 valence electrons. The summed E-state index contributed by atoms with van der Waals surface area (Å²) in [6, 6.07) is 3.94. The van der Waals surface area contributed by atoms with Gasteiger partial charge in [-0.05, 0) is 12.1 Å². The van der Waals surface area contributed by atoms with Crippen molar-refractivity contribution in [1.29, 1.82) is 0 Å². The molecule has 0 bridgehead atoms. The molecule has 0 radical (unpaired) electrons. The maximum absolute atomic E-state index is 3.90. The second kappa shape index (κ2) is 6.61. The van der Waals surface area contributed by atoms with Gasteiger partial charge >= 0.3 is 29.6 Å². The number of rotatable bonds is 1. The molecular formula is C7H11N2NaO. The number of pyridine rings is 1. The summed E-state index contributed by atoms with van der Waals surface area (Å²) in [5.74, 6) is 0. The Labute approximate surface area is 89.0 Å². The Hall–Kier alpha value is -0.0900. The molecule has 1 heterocycles. The largest absolute Gasteiger partial charge is 1.00 e. The van der Waals surface area contributed by atoms with Crippen LogP contribution in [-0.4, -0.2) is 24.6 Å². The SMILES string of the molecule is CN(C)c1ccncc1.[Na+].[OH-]. The van der Waals surface area contributed by atoms with Gasteiger partial charge in [-0.1, -0.05) is 0 Å². The van der Waals surface area contributed by atoms with E-state index in [-0.39, 0.29) is 35.0 Å². The number of hydrogen-bond donors (Lipinski definition) is 0. The summed E-state index contributed by atoms with van der Waals surface area (Å²) in [5, 5.41) is 0. The Morgan fingerprint density at radius 1 is 1.18 bits per heavy atom. The molecule has 0 unspecified atom stereocenters. The molecule has 11 heavy (non-hydrogen) atoms. The maximum atomic E-state index is 3.90. The minimum Gasteiger partial charge on any atom is -0.870 e. The van der Waals surface area contributed by atoms with Crippen molar-refractivity contribution in [2.45, 2.75) is 0 Å². The van der Waals surface area contributed by atoms with Crippen molar-refractivity contribution in [3.63, 3.8) is 0 Å². The van der Waals surface area contributed by atoms with Crippen LogP contribution in [0.15, 0.2) is 24.5 Å². The fourth-order valence-electron chi connectivity index (χ4n) is 0.642. The van der Waals surface area contributed by atoms with Crippen molar-refractivity contribution in [1.82, 2.24) is 4.98 Å². The molecular weight excluding hydrogens is 151 g/mol. The minimum atomic E-state index is 0. The van der Waals surface area contributed by atoms with Gasteiger partial charge in [-0.2, -0.15) is 0 Å². The second-order valence-electron chi connectivity index (χ2n) is 2.10. The van der Waals surface area contributed by atoms with Crippen LogP contribution in [0.25, 0.3) is 0 Å². The molecule has 1 aromatic heterocycles. The average molecular weight is 162 g/mol. The number of aromatic nitrogens is 1. The first-order valence-corrected chi connectivity index (χ1v) is 2.88. The fourth-order valence-corrected chi connectivity index (χ4v) is 0.642. The van der Waals surface area contributed by atoms with Crippen molar-refractivity contribution in [2.24, 2.45) is 0 Å². The first-order chi connectivity index (χ1) is 4.30. The van der Waals surface area contributed by atoms with Gasteiger partial charge in [0.15, 0.2) is 0 Å². The summed E-state index contributed by atoms with van der Waals surface area (Å²) < 4.78 is 0. The van der Waals surface area contributed by atoms with E-state index in [0.29, 0.717) is 0 Å². The van der Waals surface area contributed by atoms with Crippen molar-refractivity contribution >= 4 is 5.69 Å². The van der Waals surface area contributed by atoms with Crippen molar-refractivity contribution in [2.75, 3.05) is 19.0 Å². The van der Waals surface area contributed by atoms with E-state index >= 15 is 0 Å². The first-order valence-electron chi connectivity index (χ1n) is 2.88. The molecule has 0 aromatic carbocycles. The van der Waals surface area contributed by atoms with Crippen LogP contribution >= 0.6 is 0 Å². The van der Waals surface area contributed by atoms with Crippen LogP contribution in [0.4, 0.5) is 5.69 Å². The van der Waals surface area contributed by atoms with Crippen LogP contribution in [0.1, 0.15) is 0 Å². The number of hydrogen-bond acceptors (Lipinski definition) is 3. The zero-order valence-corrected chi connectivity index (χ0v) is 9.15. The zero-order valence-electron chi connectivity index (χ0n) is 7.15. The van der Waals surface area contributed by atoms with Gasteiger partial charge in [0, 0.05) is 32.2 Å². The Morgan fingerprint density at radius 2 is 1.64 bits per heavy atom. The first kappa shape index (κ1) is 13.5. The van der Waals surface area contributed by atoms with E-state index in [0.717, 1.165) is 0 Å². The van der Waals surface area contributed by atoms with Gasteiger partial charge in [0.25, 0.3) is 0 Å². The monoisotopic (exact) mass is 162 g/mol. The van der Waals surface area contributed by atoms with Crippen molar-refractivity contribution < 1.29 is 35.0 Å². The Bertz CT molecular complexity index is 179. The van der Waals surface area contributed by atoms with Gasteiger partial charge in [0.05, 0.1) is 0 Å². The molecule has 0 aliphatic carbocycles. The molecule has 0 fully saturated rings. The van der Waals surface area contributed by atoms with Crippen LogP contribution in [0, 0.1) is 0 Å². The molecule has 0 atom stereocenters. The third-order valence-corrected chi connectivity index (χ3v) is 1.18. The van der Waals surface area contributed by atoms with E-state index < -0.39 is 0 Å². The summed E-state index contributed by atoms with van der Waals surface area (Å²) in [7, 11) is 4.02. The van der Waals surface area contributed by atoms with Crippen LogP contribution in [0.2, 0.25) is 0 Å². The molecule has 0 saturated heterocycles. The summed E-state index contributed by atoms with van der Waals surface area (Å²) in [6.45, 7) is 0. The maximum Gasteiger partial charge on any atom is 1.00 e. The van der Waals surface area contributed by atoms with E-state index in [1.54, 1.807) is 12.4 Å². The van der Waals surface area contributed by atoms with E-state index in [1.807, 2.05) is 31.1 Å². The summed E-state index contributed by atoms with van der Waals surface area (Å²) >= 11 is 0. The summed E-state index contributed by atoms with van der Waals surface area (Å²) in [5.41, 5.74) is 1.19. The molecule has 0 spiro atoms. The Balaban J connectivity index is 0. The molecule has 0 saturated carbocycles. The van der Waals surface area contributed by atoms with Crippen molar-refractivity contribution in [3.05, 3.63) is 24.5 Å². The molecule has 0 aliphatic heterocycles. The third kappa shape index (κ3) is 4.37. The van der Waals surface area contributed by atoms with Gasteiger partial charge in [0.2, 0.25) is 0 Å². The van der Waals surface area contributed by atoms with E-state index in [9.17, 15) is 0 Å². The molecule has 0 amide bonds. The number of nitrogens with zero attached hydrogens (tertiary/aromatic N) is 2. The molecule has 0 aliphatic rings. The summed E-state index contributed by atoms with van der Waals surface area (Å²) in [4.78, 5) is 5.94.